The van der Waals surface area contributed by atoms with Gasteiger partial charge in [-0.1, -0.05) is 6.07 Å². The van der Waals surface area contributed by atoms with Gasteiger partial charge in [-0.2, -0.15) is 10.4 Å². The Morgan fingerprint density at radius 2 is 2.32 bits per heavy atom. The molecule has 2 atom stereocenters. The quantitative estimate of drug-likeness (QED) is 0.825. The summed E-state index contributed by atoms with van der Waals surface area (Å²) in [6.45, 7) is 4.60. The Hall–Kier alpha value is -2.56. The van der Waals surface area contributed by atoms with Crippen molar-refractivity contribution in [2.75, 3.05) is 20.3 Å². The van der Waals surface area contributed by atoms with Crippen molar-refractivity contribution in [1.29, 1.82) is 5.26 Å². The van der Waals surface area contributed by atoms with E-state index in [1.54, 1.807) is 13.3 Å². The Balaban J connectivity index is 1.59. The van der Waals surface area contributed by atoms with E-state index in [1.807, 2.05) is 36.0 Å². The average molecular weight is 342 g/mol. The van der Waals surface area contributed by atoms with Gasteiger partial charge in [0.2, 0.25) is 0 Å². The summed E-state index contributed by atoms with van der Waals surface area (Å²) in [6.07, 6.45) is 3.54. The molecule has 0 radical (unpaired) electrons. The third kappa shape index (κ3) is 4.10. The molecule has 7 nitrogen and oxygen atoms in total. The lowest BCUT2D eigenvalue weighted by molar-refractivity contribution is 0.139. The van der Waals surface area contributed by atoms with Crippen molar-refractivity contribution < 1.29 is 14.2 Å². The van der Waals surface area contributed by atoms with Crippen molar-refractivity contribution in [3.05, 3.63) is 41.7 Å². The number of methoxy groups -OCH3 is 1. The molecule has 1 fully saturated rings. The van der Waals surface area contributed by atoms with Gasteiger partial charge in [0.25, 0.3) is 0 Å². The summed E-state index contributed by atoms with van der Waals surface area (Å²) in [5.74, 6) is 1.34. The molecule has 2 aromatic rings. The number of nitriles is 1. The largest absolute Gasteiger partial charge is 0.495 e. The Morgan fingerprint density at radius 3 is 3.04 bits per heavy atom. The summed E-state index contributed by atoms with van der Waals surface area (Å²) in [6, 6.07) is 7.83. The van der Waals surface area contributed by atoms with Crippen LogP contribution in [-0.4, -0.2) is 42.2 Å². The number of aromatic nitrogens is 2. The van der Waals surface area contributed by atoms with E-state index in [-0.39, 0.29) is 12.1 Å². The van der Waals surface area contributed by atoms with E-state index in [0.717, 1.165) is 17.9 Å². The maximum absolute atomic E-state index is 9.18. The van der Waals surface area contributed by atoms with Crippen LogP contribution in [0, 0.1) is 11.3 Å². The number of benzene rings is 1. The SMILES string of the molecule is CCn1cc(O[C@@H]2COC[C@@H]2NCc2ccc(OC)c(C#N)c2)cn1. The summed E-state index contributed by atoms with van der Waals surface area (Å²) >= 11 is 0. The molecular formula is C18H22N4O3. The Kier molecular flexibility index (Phi) is 5.53. The molecule has 3 rings (SSSR count). The molecule has 1 aromatic carbocycles. The smallest absolute Gasteiger partial charge is 0.157 e. The zero-order chi connectivity index (χ0) is 17.6. The van der Waals surface area contributed by atoms with Gasteiger partial charge in [-0.25, -0.2) is 0 Å². The highest BCUT2D eigenvalue weighted by molar-refractivity contribution is 5.45. The summed E-state index contributed by atoms with van der Waals surface area (Å²) in [7, 11) is 1.56. The summed E-state index contributed by atoms with van der Waals surface area (Å²) in [4.78, 5) is 0. The molecular weight excluding hydrogens is 320 g/mol. The molecule has 0 bridgehead atoms. The molecule has 25 heavy (non-hydrogen) atoms. The first kappa shape index (κ1) is 17.3. The van der Waals surface area contributed by atoms with E-state index in [1.165, 1.54) is 0 Å². The highest BCUT2D eigenvalue weighted by atomic mass is 16.5. The lowest BCUT2D eigenvalue weighted by atomic mass is 10.1. The normalized spacial score (nSPS) is 19.6. The maximum Gasteiger partial charge on any atom is 0.157 e. The zero-order valence-corrected chi connectivity index (χ0v) is 14.4. The molecule has 0 saturated carbocycles. The minimum absolute atomic E-state index is 0.0665. The van der Waals surface area contributed by atoms with Crippen molar-refractivity contribution in [2.45, 2.75) is 32.2 Å². The molecule has 0 spiro atoms. The molecule has 0 aliphatic carbocycles. The molecule has 1 saturated heterocycles. The first-order valence-corrected chi connectivity index (χ1v) is 8.30. The van der Waals surface area contributed by atoms with E-state index in [9.17, 15) is 5.26 Å². The van der Waals surface area contributed by atoms with Crippen LogP contribution in [0.4, 0.5) is 0 Å². The minimum atomic E-state index is -0.0665. The first-order chi connectivity index (χ1) is 12.2. The number of hydrogen-bond donors (Lipinski definition) is 1. The van der Waals surface area contributed by atoms with Crippen molar-refractivity contribution >= 4 is 0 Å². The van der Waals surface area contributed by atoms with Crippen LogP contribution in [0.1, 0.15) is 18.1 Å². The van der Waals surface area contributed by atoms with Gasteiger partial charge in [0.15, 0.2) is 5.75 Å². The molecule has 7 heteroatoms. The summed E-state index contributed by atoms with van der Waals surface area (Å²) in [5, 5.41) is 16.9. The fourth-order valence-corrected chi connectivity index (χ4v) is 2.80. The highest BCUT2D eigenvalue weighted by Crippen LogP contribution is 2.20. The predicted molar refractivity (Wildman–Crippen MR) is 91.5 cm³/mol. The summed E-state index contributed by atoms with van der Waals surface area (Å²) in [5.41, 5.74) is 1.55. The van der Waals surface area contributed by atoms with Gasteiger partial charge in [-0.15, -0.1) is 0 Å². The molecule has 1 aromatic heterocycles. The third-order valence-corrected chi connectivity index (χ3v) is 4.20. The van der Waals surface area contributed by atoms with Crippen LogP contribution in [-0.2, 0) is 17.8 Å². The van der Waals surface area contributed by atoms with Crippen LogP contribution in [0.5, 0.6) is 11.5 Å². The van der Waals surface area contributed by atoms with E-state index in [2.05, 4.69) is 16.5 Å². The topological polar surface area (TPSA) is 81.3 Å². The van der Waals surface area contributed by atoms with E-state index in [4.69, 9.17) is 14.2 Å². The Labute approximate surface area is 147 Å². The van der Waals surface area contributed by atoms with Crippen molar-refractivity contribution in [3.63, 3.8) is 0 Å². The van der Waals surface area contributed by atoms with Gasteiger partial charge in [0.1, 0.15) is 17.9 Å². The first-order valence-electron chi connectivity index (χ1n) is 8.30. The molecule has 132 valence electrons. The second kappa shape index (κ2) is 8.01. The van der Waals surface area contributed by atoms with Gasteiger partial charge < -0.3 is 19.5 Å². The fourth-order valence-electron chi connectivity index (χ4n) is 2.80. The van der Waals surface area contributed by atoms with E-state index >= 15 is 0 Å². The predicted octanol–water partition coefficient (Wildman–Crippen LogP) is 1.72. The lowest BCUT2D eigenvalue weighted by Gasteiger charge is -2.20. The average Bonchev–Trinajstić information content (AvgIpc) is 3.29. The van der Waals surface area contributed by atoms with Crippen molar-refractivity contribution in [2.24, 2.45) is 0 Å². The molecule has 1 aliphatic heterocycles. The molecule has 1 N–H and O–H groups in total. The molecule has 1 aliphatic rings. The van der Waals surface area contributed by atoms with E-state index in [0.29, 0.717) is 31.1 Å². The zero-order valence-electron chi connectivity index (χ0n) is 14.4. The summed E-state index contributed by atoms with van der Waals surface area (Å²) < 4.78 is 18.6. The van der Waals surface area contributed by atoms with Crippen LogP contribution in [0.25, 0.3) is 0 Å². The van der Waals surface area contributed by atoms with Gasteiger partial charge in [0.05, 0.1) is 44.3 Å². The number of hydrogen-bond acceptors (Lipinski definition) is 6. The van der Waals surface area contributed by atoms with E-state index < -0.39 is 0 Å². The van der Waals surface area contributed by atoms with Crippen LogP contribution >= 0.6 is 0 Å². The van der Waals surface area contributed by atoms with Crippen LogP contribution < -0.4 is 14.8 Å². The van der Waals surface area contributed by atoms with Crippen LogP contribution in [0.2, 0.25) is 0 Å². The van der Waals surface area contributed by atoms with Gasteiger partial charge in [-0.05, 0) is 24.6 Å². The second-order valence-corrected chi connectivity index (χ2v) is 5.86. The minimum Gasteiger partial charge on any atom is -0.495 e. The fraction of sp³-hybridized carbons (Fsp3) is 0.444. The second-order valence-electron chi connectivity index (χ2n) is 5.86. The Bertz CT molecular complexity index is 753. The number of aryl methyl sites for hydroxylation is 1. The van der Waals surface area contributed by atoms with Gasteiger partial charge in [0, 0.05) is 13.1 Å². The van der Waals surface area contributed by atoms with Gasteiger partial charge in [-0.3, -0.25) is 4.68 Å². The van der Waals surface area contributed by atoms with Crippen LogP contribution in [0.15, 0.2) is 30.6 Å². The van der Waals surface area contributed by atoms with Crippen molar-refractivity contribution in [1.82, 2.24) is 15.1 Å². The number of ether oxygens (including phenoxy) is 3. The van der Waals surface area contributed by atoms with Crippen molar-refractivity contribution in [3.8, 4) is 17.6 Å². The standard InChI is InChI=1S/C18H22N4O3/c1-3-22-10-15(9-21-22)25-18-12-24-11-16(18)20-8-13-4-5-17(23-2)14(6-13)7-19/h4-6,9-10,16,18,20H,3,8,11-12H2,1-2H3/t16-,18+/m0/s1. The Morgan fingerprint density at radius 1 is 1.44 bits per heavy atom. The third-order valence-electron chi connectivity index (χ3n) is 4.20. The lowest BCUT2D eigenvalue weighted by Crippen LogP contribution is -2.41. The van der Waals surface area contributed by atoms with Crippen LogP contribution in [0.3, 0.4) is 0 Å². The molecule has 0 amide bonds. The number of nitrogens with zero attached hydrogens (tertiary/aromatic N) is 3. The maximum atomic E-state index is 9.18. The highest BCUT2D eigenvalue weighted by Gasteiger charge is 2.30. The number of nitrogens with one attached hydrogen (secondary N) is 1. The number of rotatable bonds is 7. The molecule has 0 unspecified atom stereocenters. The van der Waals surface area contributed by atoms with Gasteiger partial charge >= 0.3 is 0 Å². The molecule has 2 heterocycles. The monoisotopic (exact) mass is 342 g/mol.